The number of nitrogens with two attached hydrogens (primary N) is 1. The number of nitrogens with one attached hydrogen (secondary N) is 1. The van der Waals surface area contributed by atoms with E-state index in [2.05, 4.69) is 5.32 Å². The highest BCUT2D eigenvalue weighted by atomic mass is 32.1. The summed E-state index contributed by atoms with van der Waals surface area (Å²) in [7, 11) is 0. The van der Waals surface area contributed by atoms with Gasteiger partial charge in [0.1, 0.15) is 0 Å². The Kier molecular flexibility index (Phi) is 4.15. The molecule has 1 aliphatic rings. The maximum absolute atomic E-state index is 11.6. The summed E-state index contributed by atoms with van der Waals surface area (Å²) in [5, 5.41) is 16.3. The van der Waals surface area contributed by atoms with Crippen molar-refractivity contribution < 1.29 is 9.90 Å². The Bertz CT molecular complexity index is 363. The number of thiophene rings is 1. The largest absolute Gasteiger partial charge is 0.387 e. The molecule has 5 heteroatoms. The number of carbonyl (C=O) groups is 1. The third-order valence-electron chi connectivity index (χ3n) is 3.07. The summed E-state index contributed by atoms with van der Waals surface area (Å²) in [6.45, 7) is 0.257. The number of amides is 1. The molecule has 17 heavy (non-hydrogen) atoms. The molecule has 1 aromatic rings. The second kappa shape index (κ2) is 5.62. The molecule has 0 radical (unpaired) electrons. The first kappa shape index (κ1) is 12.5. The van der Waals surface area contributed by atoms with Crippen LogP contribution in [0.3, 0.4) is 0 Å². The zero-order valence-electron chi connectivity index (χ0n) is 9.63. The first-order valence-corrected chi connectivity index (χ1v) is 6.83. The first-order chi connectivity index (χ1) is 8.16. The summed E-state index contributed by atoms with van der Waals surface area (Å²) in [6.07, 6.45) is 2.03. The standard InChI is InChI=1S/C12H18N2O2S/c13-10(8-1-2-8)5-12(16)14-6-11(15)9-3-4-17-7-9/h3-4,7-8,10-11,15H,1-2,5-6,13H2,(H,14,16). The lowest BCUT2D eigenvalue weighted by Gasteiger charge is -2.13. The Morgan fingerprint density at radius 2 is 2.41 bits per heavy atom. The van der Waals surface area contributed by atoms with Gasteiger partial charge in [0, 0.05) is 19.0 Å². The summed E-state index contributed by atoms with van der Waals surface area (Å²) in [4.78, 5) is 11.6. The molecular formula is C12H18N2O2S. The van der Waals surface area contributed by atoms with E-state index in [0.29, 0.717) is 12.3 Å². The molecule has 1 saturated carbocycles. The van der Waals surface area contributed by atoms with Gasteiger partial charge in [-0.15, -0.1) is 0 Å². The van der Waals surface area contributed by atoms with Crippen LogP contribution in [-0.2, 0) is 4.79 Å². The molecule has 94 valence electrons. The third-order valence-corrected chi connectivity index (χ3v) is 3.77. The topological polar surface area (TPSA) is 75.4 Å². The molecule has 1 heterocycles. The molecule has 1 aromatic heterocycles. The quantitative estimate of drug-likeness (QED) is 0.709. The average molecular weight is 254 g/mol. The molecule has 0 aromatic carbocycles. The van der Waals surface area contributed by atoms with Crippen LogP contribution in [0.1, 0.15) is 30.9 Å². The van der Waals surface area contributed by atoms with Crippen LogP contribution in [0.25, 0.3) is 0 Å². The van der Waals surface area contributed by atoms with Gasteiger partial charge >= 0.3 is 0 Å². The average Bonchev–Trinajstić information content (AvgIpc) is 3.02. The van der Waals surface area contributed by atoms with Crippen LogP contribution < -0.4 is 11.1 Å². The molecule has 1 fully saturated rings. The second-order valence-corrected chi connectivity index (χ2v) is 5.36. The van der Waals surface area contributed by atoms with Crippen molar-refractivity contribution in [2.45, 2.75) is 31.4 Å². The SMILES string of the molecule is NC(CC(=O)NCC(O)c1ccsc1)C1CC1. The molecule has 2 unspecified atom stereocenters. The van der Waals surface area contributed by atoms with Gasteiger partial charge < -0.3 is 16.2 Å². The van der Waals surface area contributed by atoms with Crippen LogP contribution in [-0.4, -0.2) is 23.6 Å². The minimum absolute atomic E-state index is 0.0201. The molecule has 1 amide bonds. The maximum atomic E-state index is 11.6. The monoisotopic (exact) mass is 254 g/mol. The van der Waals surface area contributed by atoms with Crippen LogP contribution >= 0.6 is 11.3 Å². The van der Waals surface area contributed by atoms with Crippen LogP contribution in [0.4, 0.5) is 0 Å². The summed E-state index contributed by atoms with van der Waals surface area (Å²) in [5.74, 6) is 0.459. The number of aliphatic hydroxyl groups excluding tert-OH is 1. The van der Waals surface area contributed by atoms with Crippen LogP contribution in [0, 0.1) is 5.92 Å². The number of hydrogen-bond acceptors (Lipinski definition) is 4. The number of rotatable bonds is 6. The van der Waals surface area contributed by atoms with E-state index in [0.717, 1.165) is 18.4 Å². The van der Waals surface area contributed by atoms with Crippen LogP contribution in [0.5, 0.6) is 0 Å². The van der Waals surface area contributed by atoms with Gasteiger partial charge in [0.2, 0.25) is 5.91 Å². The van der Waals surface area contributed by atoms with Gasteiger partial charge in [0.15, 0.2) is 0 Å². The Morgan fingerprint density at radius 3 is 3.00 bits per heavy atom. The highest BCUT2D eigenvalue weighted by molar-refractivity contribution is 7.07. The highest BCUT2D eigenvalue weighted by Crippen LogP contribution is 2.32. The molecule has 0 aliphatic heterocycles. The lowest BCUT2D eigenvalue weighted by atomic mass is 10.1. The van der Waals surface area contributed by atoms with Crippen molar-refractivity contribution in [2.75, 3.05) is 6.54 Å². The normalized spacial score (nSPS) is 18.7. The Morgan fingerprint density at radius 1 is 1.65 bits per heavy atom. The Labute approximate surface area is 105 Å². The predicted octanol–water partition coefficient (Wildman–Crippen LogP) is 1.03. The molecule has 2 rings (SSSR count). The third kappa shape index (κ3) is 3.80. The molecular weight excluding hydrogens is 236 g/mol. The fraction of sp³-hybridized carbons (Fsp3) is 0.583. The first-order valence-electron chi connectivity index (χ1n) is 5.89. The number of aliphatic hydroxyl groups is 1. The zero-order chi connectivity index (χ0) is 12.3. The van der Waals surface area contributed by atoms with E-state index in [1.165, 1.54) is 11.3 Å². The summed E-state index contributed by atoms with van der Waals surface area (Å²) in [5.41, 5.74) is 6.71. The van der Waals surface area contributed by atoms with Crippen molar-refractivity contribution in [3.05, 3.63) is 22.4 Å². The van der Waals surface area contributed by atoms with Gasteiger partial charge in [0.05, 0.1) is 6.10 Å². The van der Waals surface area contributed by atoms with Crippen molar-refractivity contribution in [2.24, 2.45) is 11.7 Å². The van der Waals surface area contributed by atoms with E-state index in [-0.39, 0.29) is 18.5 Å². The van der Waals surface area contributed by atoms with Gasteiger partial charge in [-0.25, -0.2) is 0 Å². The predicted molar refractivity (Wildman–Crippen MR) is 67.6 cm³/mol. The number of hydrogen-bond donors (Lipinski definition) is 3. The summed E-state index contributed by atoms with van der Waals surface area (Å²) < 4.78 is 0. The lowest BCUT2D eigenvalue weighted by Crippen LogP contribution is -2.34. The molecule has 0 saturated heterocycles. The minimum Gasteiger partial charge on any atom is -0.387 e. The molecule has 2 atom stereocenters. The van der Waals surface area contributed by atoms with E-state index >= 15 is 0 Å². The minimum atomic E-state index is -0.623. The molecule has 4 nitrogen and oxygen atoms in total. The zero-order valence-corrected chi connectivity index (χ0v) is 10.5. The fourth-order valence-electron chi connectivity index (χ4n) is 1.77. The van der Waals surface area contributed by atoms with Crippen molar-refractivity contribution in [1.82, 2.24) is 5.32 Å². The summed E-state index contributed by atoms with van der Waals surface area (Å²) >= 11 is 1.53. The molecule has 1 aliphatic carbocycles. The van der Waals surface area contributed by atoms with E-state index < -0.39 is 6.10 Å². The maximum Gasteiger partial charge on any atom is 0.221 e. The van der Waals surface area contributed by atoms with E-state index in [1.54, 1.807) is 0 Å². The number of carbonyl (C=O) groups excluding carboxylic acids is 1. The van der Waals surface area contributed by atoms with Gasteiger partial charge in [-0.1, -0.05) is 0 Å². The Balaban J connectivity index is 1.68. The molecule has 0 bridgehead atoms. The lowest BCUT2D eigenvalue weighted by molar-refractivity contribution is -0.122. The van der Waals surface area contributed by atoms with Gasteiger partial charge in [-0.2, -0.15) is 11.3 Å². The van der Waals surface area contributed by atoms with Crippen LogP contribution in [0.2, 0.25) is 0 Å². The van der Waals surface area contributed by atoms with Crippen molar-refractivity contribution in [3.63, 3.8) is 0 Å². The molecule has 0 spiro atoms. The highest BCUT2D eigenvalue weighted by Gasteiger charge is 2.29. The summed E-state index contributed by atoms with van der Waals surface area (Å²) in [6, 6.07) is 1.84. The van der Waals surface area contributed by atoms with Gasteiger partial charge in [0.25, 0.3) is 0 Å². The van der Waals surface area contributed by atoms with E-state index in [9.17, 15) is 9.90 Å². The van der Waals surface area contributed by atoms with Crippen molar-refractivity contribution in [1.29, 1.82) is 0 Å². The van der Waals surface area contributed by atoms with Crippen molar-refractivity contribution in [3.8, 4) is 0 Å². The fourth-order valence-corrected chi connectivity index (χ4v) is 2.48. The Hall–Kier alpha value is -0.910. The molecule has 4 N–H and O–H groups in total. The second-order valence-electron chi connectivity index (χ2n) is 4.58. The van der Waals surface area contributed by atoms with Gasteiger partial charge in [-0.05, 0) is 41.1 Å². The van der Waals surface area contributed by atoms with E-state index in [1.807, 2.05) is 16.8 Å². The van der Waals surface area contributed by atoms with Crippen LogP contribution in [0.15, 0.2) is 16.8 Å². The van der Waals surface area contributed by atoms with Crippen molar-refractivity contribution >= 4 is 17.2 Å². The van der Waals surface area contributed by atoms with Gasteiger partial charge in [-0.3, -0.25) is 4.79 Å². The smallest absolute Gasteiger partial charge is 0.221 e. The van der Waals surface area contributed by atoms with E-state index in [4.69, 9.17) is 5.73 Å².